The molecule has 1 atom stereocenters. The Bertz CT molecular complexity index is 2220. The van der Waals surface area contributed by atoms with Crippen molar-refractivity contribution in [3.8, 4) is 17.3 Å². The lowest BCUT2D eigenvalue weighted by Gasteiger charge is -2.42. The monoisotopic (exact) mass is 781 g/mol. The number of piperazine rings is 1. The first kappa shape index (κ1) is 39.3. The summed E-state index contributed by atoms with van der Waals surface area (Å²) in [6, 6.07) is 20.3. The van der Waals surface area contributed by atoms with Crippen molar-refractivity contribution in [3.05, 3.63) is 107 Å². The van der Waals surface area contributed by atoms with E-state index in [1.165, 1.54) is 19.2 Å². The lowest BCUT2D eigenvalue weighted by molar-refractivity contribution is -0.137. The van der Waals surface area contributed by atoms with E-state index in [4.69, 9.17) is 4.74 Å². The highest BCUT2D eigenvalue weighted by molar-refractivity contribution is 6.00. The van der Waals surface area contributed by atoms with Crippen LogP contribution in [0.4, 0.5) is 30.4 Å². The molecule has 298 valence electrons. The van der Waals surface area contributed by atoms with Crippen LogP contribution in [-0.2, 0) is 6.18 Å². The van der Waals surface area contributed by atoms with Crippen molar-refractivity contribution in [3.63, 3.8) is 0 Å². The van der Waals surface area contributed by atoms with Crippen LogP contribution in [0.5, 0.6) is 6.01 Å². The molecule has 5 aromatic rings. The maximum absolute atomic E-state index is 13.9. The molecule has 2 aliphatic heterocycles. The zero-order valence-electron chi connectivity index (χ0n) is 32.5. The summed E-state index contributed by atoms with van der Waals surface area (Å²) in [6.45, 7) is 6.28. The number of hydrogen-bond acceptors (Lipinski definition) is 9. The van der Waals surface area contributed by atoms with Crippen molar-refractivity contribution < 1.29 is 27.5 Å². The Kier molecular flexibility index (Phi) is 11.4. The van der Waals surface area contributed by atoms with Crippen molar-refractivity contribution in [2.24, 2.45) is 0 Å². The molecule has 3 aromatic carbocycles. The van der Waals surface area contributed by atoms with Gasteiger partial charge in [0.15, 0.2) is 0 Å². The first-order valence-electron chi connectivity index (χ1n) is 19.2. The summed E-state index contributed by atoms with van der Waals surface area (Å²) in [5, 5.41) is 9.02. The van der Waals surface area contributed by atoms with E-state index in [1.807, 2.05) is 64.7 Å². The summed E-state index contributed by atoms with van der Waals surface area (Å²) in [5.41, 5.74) is 4.33. The fourth-order valence-corrected chi connectivity index (χ4v) is 7.71. The largest absolute Gasteiger partial charge is 0.467 e. The number of piperidine rings is 1. The number of amides is 2. The molecule has 2 saturated heterocycles. The van der Waals surface area contributed by atoms with Gasteiger partial charge in [-0.3, -0.25) is 9.59 Å². The predicted octanol–water partition coefficient (Wildman–Crippen LogP) is 7.45. The van der Waals surface area contributed by atoms with Gasteiger partial charge in [-0.1, -0.05) is 36.8 Å². The van der Waals surface area contributed by atoms with Crippen LogP contribution in [0.15, 0.2) is 85.2 Å². The van der Waals surface area contributed by atoms with E-state index >= 15 is 0 Å². The van der Waals surface area contributed by atoms with Crippen LogP contribution in [-0.4, -0.2) is 99.5 Å². The topological polar surface area (TPSA) is 113 Å². The van der Waals surface area contributed by atoms with Crippen molar-refractivity contribution in [2.45, 2.75) is 57.8 Å². The van der Waals surface area contributed by atoms with Crippen LogP contribution in [0, 0.1) is 6.92 Å². The number of anilines is 3. The highest BCUT2D eigenvalue weighted by Gasteiger charge is 2.34. The molecule has 0 spiro atoms. The van der Waals surface area contributed by atoms with Crippen molar-refractivity contribution in [2.75, 3.05) is 56.7 Å². The number of hydrogen-bond donors (Lipinski definition) is 0. The highest BCUT2D eigenvalue weighted by Crippen LogP contribution is 2.34. The molecule has 0 radical (unpaired) electrons. The Morgan fingerprint density at radius 2 is 1.68 bits per heavy atom. The fraction of sp³-hybridized carbons (Fsp3) is 0.381. The van der Waals surface area contributed by atoms with Crippen LogP contribution in [0.25, 0.3) is 11.3 Å². The molecule has 2 fully saturated rings. The molecule has 4 heterocycles. The van der Waals surface area contributed by atoms with Gasteiger partial charge in [-0.05, 0) is 86.3 Å². The Morgan fingerprint density at radius 1 is 0.930 bits per heavy atom. The number of halogens is 3. The second-order valence-electron chi connectivity index (χ2n) is 14.6. The molecule has 2 amide bonds. The first-order chi connectivity index (χ1) is 27.4. The van der Waals surface area contributed by atoms with Crippen LogP contribution in [0.2, 0.25) is 0 Å². The molecule has 0 N–H and O–H groups in total. The van der Waals surface area contributed by atoms with Crippen molar-refractivity contribution in [1.29, 1.82) is 0 Å². The smallest absolute Gasteiger partial charge is 0.416 e. The van der Waals surface area contributed by atoms with E-state index in [1.54, 1.807) is 41.4 Å². The van der Waals surface area contributed by atoms with Gasteiger partial charge in [-0.25, -0.2) is 9.67 Å². The molecular weight excluding hydrogens is 736 g/mol. The number of likely N-dealkylation sites (tertiary alicyclic amines) is 1. The number of methoxy groups -OCH3 is 1. The molecule has 15 heteroatoms. The maximum atomic E-state index is 13.9. The minimum absolute atomic E-state index is 0.0629. The Labute approximate surface area is 329 Å². The average Bonchev–Trinajstić information content (AvgIpc) is 3.73. The highest BCUT2D eigenvalue weighted by atomic mass is 19.4. The van der Waals surface area contributed by atoms with Gasteiger partial charge in [0.1, 0.15) is 11.5 Å². The van der Waals surface area contributed by atoms with Crippen LogP contribution in [0.3, 0.4) is 0 Å². The van der Waals surface area contributed by atoms with Gasteiger partial charge in [-0.15, -0.1) is 5.10 Å². The van der Waals surface area contributed by atoms with Crippen LogP contribution in [0.1, 0.15) is 70.5 Å². The fourth-order valence-electron chi connectivity index (χ4n) is 7.71. The molecule has 2 aromatic heterocycles. The molecular formula is C42H46F3N9O3. The number of nitrogens with zero attached hydrogens (tertiary/aromatic N) is 9. The number of carbonyl (C=O) groups is 2. The zero-order chi connectivity index (χ0) is 40.3. The molecule has 1 unspecified atom stereocenters. The number of alkyl halides is 3. The third kappa shape index (κ3) is 8.57. The summed E-state index contributed by atoms with van der Waals surface area (Å²) < 4.78 is 47.4. The number of carbonyl (C=O) groups excluding carboxylic acids is 2. The van der Waals surface area contributed by atoms with E-state index in [2.05, 4.69) is 26.3 Å². The zero-order valence-corrected chi connectivity index (χ0v) is 32.5. The van der Waals surface area contributed by atoms with Gasteiger partial charge >= 0.3 is 12.2 Å². The lowest BCUT2D eigenvalue weighted by atomic mass is 10.0. The number of aryl methyl sites for hydroxylation is 1. The molecule has 2 aliphatic rings. The number of aromatic nitrogens is 5. The minimum atomic E-state index is -4.43. The third-order valence-corrected chi connectivity index (χ3v) is 10.9. The van der Waals surface area contributed by atoms with Gasteiger partial charge in [-0.2, -0.15) is 18.2 Å². The SMILES string of the molecule is CCCC1CN(c2cccc(C(F)(F)F)c2)CCN1C(=O)c1cccc(C(=O)N2CCC(n3cc(-c4cc(N(C)c5ccnc(OC)n5)ccc4C)nn3)CC2)c1. The van der Waals surface area contributed by atoms with Crippen LogP contribution < -0.4 is 14.5 Å². The number of benzene rings is 3. The third-order valence-electron chi connectivity index (χ3n) is 10.9. The predicted molar refractivity (Wildman–Crippen MR) is 211 cm³/mol. The van der Waals surface area contributed by atoms with Gasteiger partial charge < -0.3 is 24.3 Å². The van der Waals surface area contributed by atoms with E-state index in [9.17, 15) is 22.8 Å². The minimum Gasteiger partial charge on any atom is -0.467 e. The molecule has 7 rings (SSSR count). The summed E-state index contributed by atoms with van der Waals surface area (Å²) >= 11 is 0. The lowest BCUT2D eigenvalue weighted by Crippen LogP contribution is -2.55. The van der Waals surface area contributed by atoms with E-state index < -0.39 is 11.7 Å². The number of rotatable bonds is 10. The standard InChI is InChI=1S/C42H46F3N9O3/c1-5-8-35-26-52(34-12-7-11-31(24-34)42(43,44)45)21-22-53(35)40(56)30-10-6-9-29(23-30)39(55)51-19-16-32(17-20-51)54-27-37(48-49-54)36-25-33(14-13-28(36)2)50(3)38-15-18-46-41(47-38)57-4/h6-7,9-15,18,23-25,27,32,35H,5,8,16-17,19-22,26H2,1-4H3. The summed E-state index contributed by atoms with van der Waals surface area (Å²) in [7, 11) is 3.46. The first-order valence-corrected chi connectivity index (χ1v) is 19.2. The Morgan fingerprint density at radius 3 is 2.42 bits per heavy atom. The maximum Gasteiger partial charge on any atom is 0.416 e. The number of ether oxygens (including phenoxy) is 1. The van der Waals surface area contributed by atoms with E-state index in [-0.39, 0.29) is 29.9 Å². The molecule has 0 aliphatic carbocycles. The van der Waals surface area contributed by atoms with E-state index in [0.29, 0.717) is 74.6 Å². The second kappa shape index (κ2) is 16.6. The average molecular weight is 782 g/mol. The van der Waals surface area contributed by atoms with Crippen molar-refractivity contribution in [1.82, 2.24) is 34.8 Å². The van der Waals surface area contributed by atoms with E-state index in [0.717, 1.165) is 35.0 Å². The summed E-state index contributed by atoms with van der Waals surface area (Å²) in [6.07, 6.45) is 2.08. The Hall–Kier alpha value is -5.99. The molecule has 12 nitrogen and oxygen atoms in total. The summed E-state index contributed by atoms with van der Waals surface area (Å²) in [4.78, 5) is 43.7. The molecule has 57 heavy (non-hydrogen) atoms. The van der Waals surface area contributed by atoms with Gasteiger partial charge in [0.2, 0.25) is 0 Å². The Balaban J connectivity index is 0.981. The van der Waals surface area contributed by atoms with Crippen molar-refractivity contribution >= 4 is 29.0 Å². The normalized spacial score (nSPS) is 16.5. The van der Waals surface area contributed by atoms with Gasteiger partial charge in [0.05, 0.1) is 24.9 Å². The molecule has 0 bridgehead atoms. The van der Waals surface area contributed by atoms with Gasteiger partial charge in [0.25, 0.3) is 11.8 Å². The summed E-state index contributed by atoms with van der Waals surface area (Å²) in [5.74, 6) is 0.364. The van der Waals surface area contributed by atoms with Crippen LogP contribution >= 0.6 is 0 Å². The quantitative estimate of drug-likeness (QED) is 0.143. The van der Waals surface area contributed by atoms with Gasteiger partial charge in [0, 0.05) is 80.1 Å². The second-order valence-corrected chi connectivity index (χ2v) is 14.6. The molecule has 0 saturated carbocycles.